The fourth-order valence-corrected chi connectivity index (χ4v) is 2.81. The fraction of sp³-hybridized carbons (Fsp3) is 0.350. The number of rotatable bonds is 7. The van der Waals surface area contributed by atoms with Crippen molar-refractivity contribution in [1.82, 2.24) is 0 Å². The molecule has 0 aromatic heterocycles. The topological polar surface area (TPSA) is 63.2 Å². The summed E-state index contributed by atoms with van der Waals surface area (Å²) in [6.07, 6.45) is 0. The highest BCUT2D eigenvalue weighted by Gasteiger charge is 2.22. The maximum atomic E-state index is 10.9. The largest absolute Gasteiger partial charge is 0.497 e. The predicted molar refractivity (Wildman–Crippen MR) is 95.2 cm³/mol. The van der Waals surface area contributed by atoms with E-state index in [9.17, 15) is 4.79 Å². The molecule has 26 heavy (non-hydrogen) atoms. The summed E-state index contributed by atoms with van der Waals surface area (Å²) in [5, 5.41) is 0. The number of hydrogen-bond acceptors (Lipinski definition) is 6. The molecule has 1 aliphatic rings. The molecule has 0 aliphatic carbocycles. The first-order valence-electron chi connectivity index (χ1n) is 8.42. The lowest BCUT2D eigenvalue weighted by Crippen LogP contribution is -2.11. The molecule has 0 saturated heterocycles. The first kappa shape index (κ1) is 17.9. The van der Waals surface area contributed by atoms with Crippen LogP contribution >= 0.6 is 0 Å². The zero-order chi connectivity index (χ0) is 18.5. The van der Waals surface area contributed by atoms with Crippen molar-refractivity contribution in [2.75, 3.05) is 27.1 Å². The number of esters is 1. The summed E-state index contributed by atoms with van der Waals surface area (Å²) < 4.78 is 27.0. The van der Waals surface area contributed by atoms with E-state index >= 15 is 0 Å². The second kappa shape index (κ2) is 7.99. The molecular weight excluding hydrogens is 336 g/mol. The van der Waals surface area contributed by atoms with Gasteiger partial charge in [-0.1, -0.05) is 19.1 Å². The van der Waals surface area contributed by atoms with Gasteiger partial charge in [0.2, 0.25) is 6.79 Å². The van der Waals surface area contributed by atoms with E-state index in [1.807, 2.05) is 36.4 Å². The van der Waals surface area contributed by atoms with Gasteiger partial charge in [-0.25, -0.2) is 0 Å². The molecule has 6 nitrogen and oxygen atoms in total. The Kier molecular flexibility index (Phi) is 5.51. The molecule has 1 atom stereocenters. The number of hydrogen-bond donors (Lipinski definition) is 0. The molecule has 6 heteroatoms. The zero-order valence-corrected chi connectivity index (χ0v) is 15.1. The molecule has 0 radical (unpaired) electrons. The maximum Gasteiger partial charge on any atom is 0.302 e. The van der Waals surface area contributed by atoms with Crippen LogP contribution in [0.25, 0.3) is 0 Å². The SMILES string of the molecule is COc1ccc([C@H](C)c2cc3c(cc2OCCOC(C)=O)OCO3)cc1. The molecule has 1 aliphatic heterocycles. The molecule has 0 saturated carbocycles. The van der Waals surface area contributed by atoms with Crippen molar-refractivity contribution >= 4 is 5.97 Å². The van der Waals surface area contributed by atoms with Gasteiger partial charge in [-0.2, -0.15) is 0 Å². The third kappa shape index (κ3) is 4.02. The van der Waals surface area contributed by atoms with Gasteiger partial charge in [0.25, 0.3) is 0 Å². The fourth-order valence-electron chi connectivity index (χ4n) is 2.81. The number of methoxy groups -OCH3 is 1. The minimum absolute atomic E-state index is 0.0686. The van der Waals surface area contributed by atoms with Crippen LogP contribution in [0.4, 0.5) is 0 Å². The summed E-state index contributed by atoms with van der Waals surface area (Å²) in [4.78, 5) is 10.9. The number of benzene rings is 2. The van der Waals surface area contributed by atoms with Crippen LogP contribution in [-0.2, 0) is 9.53 Å². The van der Waals surface area contributed by atoms with E-state index in [2.05, 4.69) is 6.92 Å². The highest BCUT2D eigenvalue weighted by molar-refractivity contribution is 5.65. The summed E-state index contributed by atoms with van der Waals surface area (Å²) in [5.41, 5.74) is 2.09. The first-order chi connectivity index (χ1) is 12.6. The van der Waals surface area contributed by atoms with Crippen molar-refractivity contribution in [2.45, 2.75) is 19.8 Å². The van der Waals surface area contributed by atoms with E-state index in [0.29, 0.717) is 17.2 Å². The van der Waals surface area contributed by atoms with E-state index < -0.39 is 0 Å². The van der Waals surface area contributed by atoms with Gasteiger partial charge in [0.1, 0.15) is 24.7 Å². The smallest absolute Gasteiger partial charge is 0.302 e. The van der Waals surface area contributed by atoms with Crippen molar-refractivity contribution in [3.63, 3.8) is 0 Å². The normalized spacial score (nSPS) is 13.2. The molecular formula is C20H22O6. The van der Waals surface area contributed by atoms with E-state index in [1.54, 1.807) is 7.11 Å². The molecule has 1 heterocycles. The van der Waals surface area contributed by atoms with Gasteiger partial charge in [0.15, 0.2) is 11.5 Å². The van der Waals surface area contributed by atoms with Crippen molar-refractivity contribution in [1.29, 1.82) is 0 Å². The van der Waals surface area contributed by atoms with Gasteiger partial charge in [0, 0.05) is 24.5 Å². The highest BCUT2D eigenvalue weighted by Crippen LogP contribution is 2.42. The number of fused-ring (bicyclic) bond motifs is 1. The van der Waals surface area contributed by atoms with Crippen molar-refractivity contribution in [3.8, 4) is 23.0 Å². The van der Waals surface area contributed by atoms with Gasteiger partial charge in [-0.05, 0) is 23.8 Å². The summed E-state index contributed by atoms with van der Waals surface area (Å²) in [7, 11) is 1.64. The summed E-state index contributed by atoms with van der Waals surface area (Å²) in [6, 6.07) is 11.7. The van der Waals surface area contributed by atoms with Gasteiger partial charge >= 0.3 is 5.97 Å². The third-order valence-electron chi connectivity index (χ3n) is 4.23. The Hall–Kier alpha value is -2.89. The molecule has 0 N–H and O–H groups in total. The Morgan fingerprint density at radius 2 is 1.81 bits per heavy atom. The van der Waals surface area contributed by atoms with Crippen LogP contribution in [-0.4, -0.2) is 33.1 Å². The van der Waals surface area contributed by atoms with Crippen molar-refractivity contribution in [2.24, 2.45) is 0 Å². The third-order valence-corrected chi connectivity index (χ3v) is 4.23. The van der Waals surface area contributed by atoms with Gasteiger partial charge in [0.05, 0.1) is 7.11 Å². The van der Waals surface area contributed by atoms with Crippen LogP contribution in [0, 0.1) is 0 Å². The molecule has 0 unspecified atom stereocenters. The molecule has 138 valence electrons. The summed E-state index contributed by atoms with van der Waals surface area (Å²) >= 11 is 0. The van der Waals surface area contributed by atoms with E-state index in [4.69, 9.17) is 23.7 Å². The predicted octanol–water partition coefficient (Wildman–Crippen LogP) is 3.52. The average Bonchev–Trinajstić information content (AvgIpc) is 3.11. The van der Waals surface area contributed by atoms with E-state index in [0.717, 1.165) is 16.9 Å². The maximum absolute atomic E-state index is 10.9. The number of carbonyl (C=O) groups excluding carboxylic acids is 1. The second-order valence-electron chi connectivity index (χ2n) is 5.93. The molecule has 0 bridgehead atoms. The van der Waals surface area contributed by atoms with Crippen LogP contribution in [0.15, 0.2) is 36.4 Å². The van der Waals surface area contributed by atoms with E-state index in [1.165, 1.54) is 6.92 Å². The molecule has 0 spiro atoms. The molecule has 0 fully saturated rings. The van der Waals surface area contributed by atoms with Crippen LogP contribution in [0.2, 0.25) is 0 Å². The van der Waals surface area contributed by atoms with Crippen LogP contribution in [0.1, 0.15) is 30.9 Å². The van der Waals surface area contributed by atoms with E-state index in [-0.39, 0.29) is 31.9 Å². The first-order valence-corrected chi connectivity index (χ1v) is 8.42. The highest BCUT2D eigenvalue weighted by atomic mass is 16.7. The summed E-state index contributed by atoms with van der Waals surface area (Å²) in [5.74, 6) is 2.59. The minimum atomic E-state index is -0.328. The van der Waals surface area contributed by atoms with Crippen molar-refractivity contribution in [3.05, 3.63) is 47.5 Å². The van der Waals surface area contributed by atoms with Crippen LogP contribution < -0.4 is 18.9 Å². The lowest BCUT2D eigenvalue weighted by molar-refractivity contribution is -0.141. The van der Waals surface area contributed by atoms with Gasteiger partial charge in [-0.3, -0.25) is 4.79 Å². The quantitative estimate of drug-likeness (QED) is 0.557. The second-order valence-corrected chi connectivity index (χ2v) is 5.93. The monoisotopic (exact) mass is 358 g/mol. The Labute approximate surface area is 152 Å². The number of ether oxygens (including phenoxy) is 5. The molecule has 2 aromatic rings. The van der Waals surface area contributed by atoms with Crippen LogP contribution in [0.3, 0.4) is 0 Å². The Morgan fingerprint density at radius 1 is 1.12 bits per heavy atom. The average molecular weight is 358 g/mol. The lowest BCUT2D eigenvalue weighted by atomic mass is 9.92. The van der Waals surface area contributed by atoms with Crippen LogP contribution in [0.5, 0.6) is 23.0 Å². The summed E-state index contributed by atoms with van der Waals surface area (Å²) in [6.45, 7) is 4.13. The van der Waals surface area contributed by atoms with Crippen molar-refractivity contribution < 1.29 is 28.5 Å². The molecule has 2 aromatic carbocycles. The molecule has 0 amide bonds. The van der Waals surface area contributed by atoms with Gasteiger partial charge in [-0.15, -0.1) is 0 Å². The standard InChI is InChI=1S/C20H22O6/c1-13(15-4-6-16(22-3)7-5-15)17-10-19-20(26-12-25-19)11-18(17)24-9-8-23-14(2)21/h4-7,10-11,13H,8-9,12H2,1-3H3/t13-/m0/s1. The Bertz CT molecular complexity index is 769. The zero-order valence-electron chi connectivity index (χ0n) is 15.1. The Balaban J connectivity index is 1.84. The Morgan fingerprint density at radius 3 is 2.46 bits per heavy atom. The number of carbonyl (C=O) groups is 1. The molecule has 3 rings (SSSR count). The van der Waals surface area contributed by atoms with Gasteiger partial charge < -0.3 is 23.7 Å². The lowest BCUT2D eigenvalue weighted by Gasteiger charge is -2.18. The minimum Gasteiger partial charge on any atom is -0.497 e.